The normalized spacial score (nSPS) is 17.2. The lowest BCUT2D eigenvalue weighted by Crippen LogP contribution is -2.41. The molecule has 1 aromatic carbocycles. The Balaban J connectivity index is 0.00000288. The van der Waals surface area contributed by atoms with Crippen LogP contribution in [0.25, 0.3) is 0 Å². The maximum absolute atomic E-state index is 5.70. The molecular weight excluding hydrogens is 417 g/mol. The molecule has 136 valence electrons. The molecule has 0 spiro atoms. The molecule has 0 aromatic heterocycles. The highest BCUT2D eigenvalue weighted by Crippen LogP contribution is 2.13. The smallest absolute Gasteiger partial charge is 0.193 e. The van der Waals surface area contributed by atoms with E-state index in [1.807, 2.05) is 30.3 Å². The second-order valence-electron chi connectivity index (χ2n) is 5.86. The van der Waals surface area contributed by atoms with Crippen LogP contribution in [-0.4, -0.2) is 57.4 Å². The zero-order valence-electron chi connectivity index (χ0n) is 14.7. The number of halogens is 1. The number of para-hydroxylation sites is 1. The molecule has 1 heterocycles. The lowest BCUT2D eigenvalue weighted by Gasteiger charge is -2.24. The zero-order chi connectivity index (χ0) is 16.3. The first-order chi connectivity index (χ1) is 11.3. The Morgan fingerprint density at radius 2 is 2.17 bits per heavy atom. The van der Waals surface area contributed by atoms with E-state index in [2.05, 4.69) is 24.2 Å². The molecule has 0 aliphatic carbocycles. The molecular formula is C18H30IN3O2. The molecule has 24 heavy (non-hydrogen) atoms. The number of ether oxygens (including phenoxy) is 2. The van der Waals surface area contributed by atoms with Gasteiger partial charge in [-0.15, -0.1) is 24.0 Å². The first-order valence-corrected chi connectivity index (χ1v) is 8.54. The molecule has 6 heteroatoms. The van der Waals surface area contributed by atoms with Crippen LogP contribution in [0.4, 0.5) is 0 Å². The summed E-state index contributed by atoms with van der Waals surface area (Å²) in [5, 5.41) is 3.36. The zero-order valence-corrected chi connectivity index (χ0v) is 17.1. The molecule has 0 saturated carbocycles. The summed E-state index contributed by atoms with van der Waals surface area (Å²) in [6.07, 6.45) is 2.05. The van der Waals surface area contributed by atoms with E-state index in [0.717, 1.165) is 57.4 Å². The van der Waals surface area contributed by atoms with E-state index in [1.54, 1.807) is 0 Å². The Labute approximate surface area is 162 Å². The molecule has 2 rings (SSSR count). The average molecular weight is 447 g/mol. The summed E-state index contributed by atoms with van der Waals surface area (Å²) in [4.78, 5) is 6.91. The number of hydrogen-bond donors (Lipinski definition) is 1. The van der Waals surface area contributed by atoms with E-state index in [-0.39, 0.29) is 24.0 Å². The summed E-state index contributed by atoms with van der Waals surface area (Å²) in [5.74, 6) is 2.51. The fraction of sp³-hybridized carbons (Fsp3) is 0.611. The first-order valence-electron chi connectivity index (χ1n) is 8.54. The number of nitrogens with zero attached hydrogens (tertiary/aromatic N) is 2. The van der Waals surface area contributed by atoms with E-state index in [1.165, 1.54) is 0 Å². The van der Waals surface area contributed by atoms with Crippen molar-refractivity contribution in [2.45, 2.75) is 19.8 Å². The molecule has 0 bridgehead atoms. The topological polar surface area (TPSA) is 46.1 Å². The Hall–Kier alpha value is -1.02. The van der Waals surface area contributed by atoms with Gasteiger partial charge in [0.05, 0.1) is 13.2 Å². The third kappa shape index (κ3) is 7.70. The Kier molecular flexibility index (Phi) is 10.8. The number of hydrogen-bond acceptors (Lipinski definition) is 3. The Bertz CT molecular complexity index is 465. The van der Waals surface area contributed by atoms with Crippen LogP contribution >= 0.6 is 24.0 Å². The minimum Gasteiger partial charge on any atom is -0.494 e. The third-order valence-electron chi connectivity index (χ3n) is 3.83. The van der Waals surface area contributed by atoms with Crippen molar-refractivity contribution in [1.29, 1.82) is 0 Å². The van der Waals surface area contributed by atoms with Crippen LogP contribution in [0.2, 0.25) is 0 Å². The summed E-state index contributed by atoms with van der Waals surface area (Å²) < 4.78 is 11.1. The molecule has 1 atom stereocenters. The van der Waals surface area contributed by atoms with E-state index >= 15 is 0 Å². The van der Waals surface area contributed by atoms with Crippen molar-refractivity contribution >= 4 is 29.9 Å². The second kappa shape index (κ2) is 12.4. The van der Waals surface area contributed by atoms with Gasteiger partial charge in [-0.25, -0.2) is 0 Å². The van der Waals surface area contributed by atoms with Gasteiger partial charge in [-0.3, -0.25) is 4.99 Å². The molecule has 1 N–H and O–H groups in total. The fourth-order valence-corrected chi connectivity index (χ4v) is 2.63. The molecule has 1 fully saturated rings. The number of aliphatic imine (C=N–C) groups is 1. The Morgan fingerprint density at radius 1 is 1.38 bits per heavy atom. The molecule has 0 amide bonds. The molecule has 1 saturated heterocycles. The highest BCUT2D eigenvalue weighted by molar-refractivity contribution is 14.0. The quantitative estimate of drug-likeness (QED) is 0.288. The number of benzene rings is 1. The van der Waals surface area contributed by atoms with E-state index in [9.17, 15) is 0 Å². The first kappa shape index (κ1) is 21.0. The SMILES string of the molecule is CCNC(=NCCCOc1ccccc1)N(C)CC1CCOC1.I. The maximum atomic E-state index is 5.70. The molecule has 1 aromatic rings. The van der Waals surface area contributed by atoms with E-state index in [0.29, 0.717) is 12.5 Å². The summed E-state index contributed by atoms with van der Waals surface area (Å²) in [6, 6.07) is 9.91. The summed E-state index contributed by atoms with van der Waals surface area (Å²) in [6.45, 7) is 7.18. The lowest BCUT2D eigenvalue weighted by molar-refractivity contribution is 0.181. The van der Waals surface area contributed by atoms with Crippen LogP contribution in [-0.2, 0) is 4.74 Å². The average Bonchev–Trinajstić information content (AvgIpc) is 3.07. The van der Waals surface area contributed by atoms with Crippen LogP contribution in [0, 0.1) is 5.92 Å². The molecule has 1 aliphatic heterocycles. The Morgan fingerprint density at radius 3 is 2.83 bits per heavy atom. The van der Waals surface area contributed by atoms with E-state index < -0.39 is 0 Å². The van der Waals surface area contributed by atoms with Gasteiger partial charge in [0.25, 0.3) is 0 Å². The van der Waals surface area contributed by atoms with Crippen LogP contribution in [0.5, 0.6) is 5.75 Å². The second-order valence-corrected chi connectivity index (χ2v) is 5.86. The molecule has 1 unspecified atom stereocenters. The van der Waals surface area contributed by atoms with Gasteiger partial charge >= 0.3 is 0 Å². The van der Waals surface area contributed by atoms with Gasteiger partial charge in [-0.2, -0.15) is 0 Å². The predicted octanol–water partition coefficient (Wildman–Crippen LogP) is 3.01. The van der Waals surface area contributed by atoms with Crippen molar-refractivity contribution < 1.29 is 9.47 Å². The van der Waals surface area contributed by atoms with Crippen molar-refractivity contribution in [1.82, 2.24) is 10.2 Å². The van der Waals surface area contributed by atoms with Gasteiger partial charge in [0.15, 0.2) is 5.96 Å². The van der Waals surface area contributed by atoms with Crippen molar-refractivity contribution in [3.63, 3.8) is 0 Å². The van der Waals surface area contributed by atoms with Crippen molar-refractivity contribution in [2.75, 3.05) is 46.5 Å². The molecule has 5 nitrogen and oxygen atoms in total. The highest BCUT2D eigenvalue weighted by atomic mass is 127. The van der Waals surface area contributed by atoms with Gasteiger partial charge < -0.3 is 19.7 Å². The number of nitrogens with one attached hydrogen (secondary N) is 1. The van der Waals surface area contributed by atoms with Gasteiger partial charge in [-0.1, -0.05) is 18.2 Å². The largest absolute Gasteiger partial charge is 0.494 e. The maximum Gasteiger partial charge on any atom is 0.193 e. The van der Waals surface area contributed by atoms with Gasteiger partial charge in [0.2, 0.25) is 0 Å². The predicted molar refractivity (Wildman–Crippen MR) is 110 cm³/mol. The van der Waals surface area contributed by atoms with Crippen LogP contribution in [0.3, 0.4) is 0 Å². The summed E-state index contributed by atoms with van der Waals surface area (Å²) in [7, 11) is 2.10. The standard InChI is InChI=1S/C18H29N3O2.HI/c1-3-19-18(21(2)14-16-10-13-22-15-16)20-11-7-12-23-17-8-5-4-6-9-17;/h4-6,8-9,16H,3,7,10-15H2,1-2H3,(H,19,20);1H. The molecule has 1 aliphatic rings. The van der Waals surface area contributed by atoms with Crippen LogP contribution in [0.1, 0.15) is 19.8 Å². The van der Waals surface area contributed by atoms with Crippen LogP contribution in [0.15, 0.2) is 35.3 Å². The lowest BCUT2D eigenvalue weighted by atomic mass is 10.1. The third-order valence-corrected chi connectivity index (χ3v) is 3.83. The minimum absolute atomic E-state index is 0. The summed E-state index contributed by atoms with van der Waals surface area (Å²) >= 11 is 0. The minimum atomic E-state index is 0. The van der Waals surface area contributed by atoms with Gasteiger partial charge in [0.1, 0.15) is 5.75 Å². The van der Waals surface area contributed by atoms with Crippen molar-refractivity contribution in [3.05, 3.63) is 30.3 Å². The highest BCUT2D eigenvalue weighted by Gasteiger charge is 2.18. The van der Waals surface area contributed by atoms with Gasteiger partial charge in [-0.05, 0) is 25.5 Å². The van der Waals surface area contributed by atoms with Crippen LogP contribution < -0.4 is 10.1 Å². The van der Waals surface area contributed by atoms with Crippen molar-refractivity contribution in [3.8, 4) is 5.75 Å². The monoisotopic (exact) mass is 447 g/mol. The number of rotatable bonds is 8. The fourth-order valence-electron chi connectivity index (χ4n) is 2.63. The number of guanidine groups is 1. The van der Waals surface area contributed by atoms with Gasteiger partial charge in [0, 0.05) is 45.6 Å². The van der Waals surface area contributed by atoms with E-state index in [4.69, 9.17) is 14.5 Å². The molecule has 0 radical (unpaired) electrons. The summed E-state index contributed by atoms with van der Waals surface area (Å²) in [5.41, 5.74) is 0. The van der Waals surface area contributed by atoms with Crippen molar-refractivity contribution in [2.24, 2.45) is 10.9 Å².